The van der Waals surface area contributed by atoms with Gasteiger partial charge in [0.05, 0.1) is 41.3 Å². The molecule has 1 aliphatic carbocycles. The van der Waals surface area contributed by atoms with Gasteiger partial charge in [0.1, 0.15) is 5.75 Å². The Hall–Kier alpha value is -3.73. The third-order valence-corrected chi connectivity index (χ3v) is 10.8. The number of amides is 1. The second-order valence-electron chi connectivity index (χ2n) is 13.3. The van der Waals surface area contributed by atoms with E-state index in [2.05, 4.69) is 21.6 Å². The summed E-state index contributed by atoms with van der Waals surface area (Å²) in [5, 5.41) is 17.7. The molecule has 11 heteroatoms. The normalized spacial score (nSPS) is 18.2. The first kappa shape index (κ1) is 33.8. The van der Waals surface area contributed by atoms with Crippen molar-refractivity contribution in [2.24, 2.45) is 0 Å². The second-order valence-corrected chi connectivity index (χ2v) is 14.1. The second kappa shape index (κ2) is 14.2. The van der Waals surface area contributed by atoms with Gasteiger partial charge in [0.2, 0.25) is 11.8 Å². The fourth-order valence-electron chi connectivity index (χ4n) is 6.89. The van der Waals surface area contributed by atoms with Crippen LogP contribution in [0.5, 0.6) is 11.6 Å². The third-order valence-electron chi connectivity index (χ3n) is 9.97. The Labute approximate surface area is 297 Å². The Morgan fingerprint density at radius 2 is 1.86 bits per heavy atom. The lowest BCUT2D eigenvalue weighted by Gasteiger charge is -2.31. The Morgan fingerprint density at radius 3 is 2.61 bits per heavy atom. The molecule has 0 bridgehead atoms. The molecule has 1 saturated carbocycles. The molecule has 0 spiro atoms. The van der Waals surface area contributed by atoms with Crippen molar-refractivity contribution in [1.29, 1.82) is 0 Å². The Balaban J connectivity index is 1.13. The van der Waals surface area contributed by atoms with Crippen LogP contribution in [0, 0.1) is 0 Å². The summed E-state index contributed by atoms with van der Waals surface area (Å²) in [5.74, 6) is 1.43. The zero-order valence-corrected chi connectivity index (χ0v) is 29.3. The molecule has 9 nitrogen and oxygen atoms in total. The topological polar surface area (TPSA) is 109 Å². The summed E-state index contributed by atoms with van der Waals surface area (Å²) in [4.78, 5) is 23.4. The van der Waals surface area contributed by atoms with Gasteiger partial charge >= 0.3 is 0 Å². The molecule has 1 saturated heterocycles. The molecule has 3 N–H and O–H groups in total. The summed E-state index contributed by atoms with van der Waals surface area (Å²) < 4.78 is 11.6. The molecule has 0 unspecified atom stereocenters. The van der Waals surface area contributed by atoms with Crippen molar-refractivity contribution in [3.05, 3.63) is 81.5 Å². The number of nitrogens with zero attached hydrogens (tertiary/aromatic N) is 3. The lowest BCUT2D eigenvalue weighted by atomic mass is 9.93. The van der Waals surface area contributed by atoms with Gasteiger partial charge in [-0.1, -0.05) is 47.5 Å². The molecule has 256 valence electrons. The highest BCUT2D eigenvalue weighted by molar-refractivity contribution is 6.39. The Bertz CT molecular complexity index is 1860. The quantitative estimate of drug-likeness (QED) is 0.155. The van der Waals surface area contributed by atoms with Crippen LogP contribution >= 0.6 is 23.2 Å². The van der Waals surface area contributed by atoms with Crippen LogP contribution in [0.3, 0.4) is 0 Å². The number of carbonyl (C=O) groups is 1. The number of benzene rings is 2. The predicted octanol–water partition coefficient (Wildman–Crippen LogP) is 6.44. The summed E-state index contributed by atoms with van der Waals surface area (Å²) in [6.07, 6.45) is 6.69. The van der Waals surface area contributed by atoms with Gasteiger partial charge in [-0.15, -0.1) is 0 Å². The van der Waals surface area contributed by atoms with E-state index in [1.165, 1.54) is 11.1 Å². The first-order valence-corrected chi connectivity index (χ1v) is 17.6. The van der Waals surface area contributed by atoms with E-state index in [0.717, 1.165) is 85.3 Å². The van der Waals surface area contributed by atoms with Gasteiger partial charge in [-0.25, -0.2) is 4.98 Å². The maximum Gasteiger partial charge on any atom is 0.220 e. The van der Waals surface area contributed by atoms with Crippen LogP contribution in [0.1, 0.15) is 48.8 Å². The SMILES string of the molecule is COc1cc(-c2nccc(-c3cccc(-c4ccc(CNC[C@H]5CCC(=O)N5)c(OC)n4)c3Cl)c2Cl)cc2c1CN(CCC1(O)CC1)CC2. The molecule has 2 aromatic heterocycles. The third kappa shape index (κ3) is 7.28. The average Bonchev–Trinajstić information content (AvgIpc) is 3.72. The van der Waals surface area contributed by atoms with Crippen LogP contribution in [0.2, 0.25) is 10.0 Å². The number of nitrogens with one attached hydrogen (secondary N) is 2. The van der Waals surface area contributed by atoms with Crippen molar-refractivity contribution in [3.8, 4) is 45.3 Å². The number of hydrogen-bond donors (Lipinski definition) is 3. The Morgan fingerprint density at radius 1 is 1.04 bits per heavy atom. The van der Waals surface area contributed by atoms with Gasteiger partial charge in [0.15, 0.2) is 0 Å². The molecule has 3 aliphatic rings. The van der Waals surface area contributed by atoms with Crippen molar-refractivity contribution in [2.45, 2.75) is 63.3 Å². The minimum absolute atomic E-state index is 0.103. The molecule has 7 rings (SSSR count). The maximum atomic E-state index is 11.5. The van der Waals surface area contributed by atoms with Crippen molar-refractivity contribution in [2.75, 3.05) is 33.9 Å². The van der Waals surface area contributed by atoms with Gasteiger partial charge in [-0.05, 0) is 61.9 Å². The van der Waals surface area contributed by atoms with E-state index in [9.17, 15) is 9.90 Å². The molecule has 2 aromatic carbocycles. The predicted molar refractivity (Wildman–Crippen MR) is 192 cm³/mol. The highest BCUT2D eigenvalue weighted by Crippen LogP contribution is 2.43. The minimum atomic E-state index is -0.451. The molecule has 4 heterocycles. The van der Waals surface area contributed by atoms with Gasteiger partial charge in [0, 0.05) is 84.8 Å². The Kier molecular flexibility index (Phi) is 9.81. The summed E-state index contributed by atoms with van der Waals surface area (Å²) in [7, 11) is 3.31. The molecule has 0 radical (unpaired) electrons. The zero-order chi connectivity index (χ0) is 34.1. The number of fused-ring (bicyclic) bond motifs is 1. The van der Waals surface area contributed by atoms with Crippen LogP contribution < -0.4 is 20.1 Å². The fourth-order valence-corrected chi connectivity index (χ4v) is 7.54. The number of rotatable bonds is 12. The number of aromatic nitrogens is 2. The minimum Gasteiger partial charge on any atom is -0.496 e. The van der Waals surface area contributed by atoms with Gasteiger partial charge in [-0.3, -0.25) is 14.7 Å². The van der Waals surface area contributed by atoms with E-state index in [1.807, 2.05) is 42.5 Å². The molecule has 1 amide bonds. The van der Waals surface area contributed by atoms with Crippen LogP contribution in [-0.4, -0.2) is 71.4 Å². The van der Waals surface area contributed by atoms with Gasteiger partial charge < -0.3 is 25.2 Å². The highest BCUT2D eigenvalue weighted by Gasteiger charge is 2.40. The number of ether oxygens (including phenoxy) is 2. The van der Waals surface area contributed by atoms with E-state index in [4.69, 9.17) is 42.6 Å². The van der Waals surface area contributed by atoms with Gasteiger partial charge in [-0.2, -0.15) is 0 Å². The molecular weight excluding hydrogens is 661 g/mol. The first-order valence-electron chi connectivity index (χ1n) is 16.9. The maximum absolute atomic E-state index is 11.5. The number of hydrogen-bond acceptors (Lipinski definition) is 8. The van der Waals surface area contributed by atoms with E-state index in [1.54, 1.807) is 20.4 Å². The number of aliphatic hydroxyl groups is 1. The standard InChI is InChI=1S/C38H41Cl2N5O4/c1-48-32-19-25(18-23-11-16-45(22-30(23)32)17-14-38(47)12-13-38)36-35(40)28(10-15-42-36)27-4-3-5-29(34(27)39)31-8-6-24(37(44-31)49-2)20-41-21-26-7-9-33(46)43-26/h3-6,8,10,15,18-19,26,41,47H,7,9,11-14,16-17,20-22H2,1-2H3,(H,43,46)/t26-/m1/s1. The van der Waals surface area contributed by atoms with Crippen molar-refractivity contribution >= 4 is 29.1 Å². The lowest BCUT2D eigenvalue weighted by Crippen LogP contribution is -2.35. The average molecular weight is 703 g/mol. The molecule has 49 heavy (non-hydrogen) atoms. The summed E-state index contributed by atoms with van der Waals surface area (Å²) in [6.45, 7) is 3.83. The van der Waals surface area contributed by atoms with E-state index >= 15 is 0 Å². The largest absolute Gasteiger partial charge is 0.496 e. The molecule has 4 aromatic rings. The van der Waals surface area contributed by atoms with Crippen LogP contribution in [0.15, 0.2) is 54.7 Å². The van der Waals surface area contributed by atoms with Crippen molar-refractivity contribution in [1.82, 2.24) is 25.5 Å². The zero-order valence-electron chi connectivity index (χ0n) is 27.8. The van der Waals surface area contributed by atoms with Crippen LogP contribution in [0.4, 0.5) is 0 Å². The lowest BCUT2D eigenvalue weighted by molar-refractivity contribution is -0.119. The smallest absolute Gasteiger partial charge is 0.220 e. The van der Waals surface area contributed by atoms with Crippen LogP contribution in [-0.2, 0) is 24.3 Å². The van der Waals surface area contributed by atoms with Crippen molar-refractivity contribution in [3.63, 3.8) is 0 Å². The first-order chi connectivity index (χ1) is 23.7. The molecule has 2 aliphatic heterocycles. The van der Waals surface area contributed by atoms with Crippen molar-refractivity contribution < 1.29 is 19.4 Å². The highest BCUT2D eigenvalue weighted by atomic mass is 35.5. The summed E-state index contributed by atoms with van der Waals surface area (Å²) >= 11 is 14.3. The molecule has 2 fully saturated rings. The molecule has 1 atom stereocenters. The van der Waals surface area contributed by atoms with E-state index < -0.39 is 5.60 Å². The van der Waals surface area contributed by atoms with Gasteiger partial charge in [0.25, 0.3) is 0 Å². The van der Waals surface area contributed by atoms with Crippen LogP contribution in [0.25, 0.3) is 33.6 Å². The number of carbonyl (C=O) groups excluding carboxylic acids is 1. The fraction of sp³-hybridized carbons (Fsp3) is 0.395. The number of methoxy groups -OCH3 is 2. The van der Waals surface area contributed by atoms with E-state index in [0.29, 0.717) is 46.8 Å². The number of pyridine rings is 2. The van der Waals surface area contributed by atoms with E-state index in [-0.39, 0.29) is 11.9 Å². The number of halogens is 2. The summed E-state index contributed by atoms with van der Waals surface area (Å²) in [5.41, 5.74) is 7.40. The molecular formula is C38H41Cl2N5O4. The summed E-state index contributed by atoms with van der Waals surface area (Å²) in [6, 6.07) is 16.0. The monoisotopic (exact) mass is 701 g/mol.